The zero-order chi connectivity index (χ0) is 13.0. The Morgan fingerprint density at radius 3 is 2.71 bits per heavy atom. The smallest absolute Gasteiger partial charge is 0.340 e. The number of anilines is 2. The summed E-state index contributed by atoms with van der Waals surface area (Å²) in [6, 6.07) is 4.47. The van der Waals surface area contributed by atoms with Crippen molar-refractivity contribution in [3.63, 3.8) is 0 Å². The molecule has 6 heteroatoms. The number of alkyl halides is 2. The zero-order valence-electron chi connectivity index (χ0n) is 9.61. The van der Waals surface area contributed by atoms with Crippen LogP contribution in [0.4, 0.5) is 20.2 Å². The Balaban J connectivity index is 3.09. The molecule has 1 aromatic carbocycles. The molecule has 0 unspecified atom stereocenters. The Morgan fingerprint density at radius 1 is 1.53 bits per heavy atom. The minimum absolute atomic E-state index is 0.177. The molecule has 0 aliphatic carbocycles. The Labute approximate surface area is 98.0 Å². The van der Waals surface area contributed by atoms with Gasteiger partial charge in [-0.3, -0.25) is 0 Å². The Hall–Kier alpha value is -1.85. The molecule has 0 atom stereocenters. The maximum absolute atomic E-state index is 12.3. The second-order valence-corrected chi connectivity index (χ2v) is 3.54. The highest BCUT2D eigenvalue weighted by atomic mass is 19.3. The molecule has 0 bridgehead atoms. The molecule has 1 aromatic rings. The number of nitrogen functional groups attached to an aromatic ring is 1. The van der Waals surface area contributed by atoms with Crippen molar-refractivity contribution in [2.75, 3.05) is 31.3 Å². The number of ether oxygens (including phenoxy) is 1. The summed E-state index contributed by atoms with van der Waals surface area (Å²) >= 11 is 0. The van der Waals surface area contributed by atoms with Crippen molar-refractivity contribution in [1.29, 1.82) is 0 Å². The van der Waals surface area contributed by atoms with Gasteiger partial charge in [0, 0.05) is 12.7 Å². The molecule has 0 radical (unpaired) electrons. The minimum Gasteiger partial charge on any atom is -0.465 e. The van der Waals surface area contributed by atoms with Crippen molar-refractivity contribution in [3.8, 4) is 0 Å². The molecule has 4 nitrogen and oxygen atoms in total. The molecule has 0 amide bonds. The first kappa shape index (κ1) is 13.2. The number of esters is 1. The third-order valence-electron chi connectivity index (χ3n) is 2.25. The van der Waals surface area contributed by atoms with Crippen molar-refractivity contribution in [1.82, 2.24) is 0 Å². The molecule has 0 saturated carbocycles. The van der Waals surface area contributed by atoms with Gasteiger partial charge in [-0.05, 0) is 18.2 Å². The average molecular weight is 244 g/mol. The maximum atomic E-state index is 12.3. The number of rotatable bonds is 4. The number of nitrogens with two attached hydrogens (primary N) is 1. The lowest BCUT2D eigenvalue weighted by Gasteiger charge is -2.21. The quantitative estimate of drug-likeness (QED) is 0.647. The fraction of sp³-hybridized carbons (Fsp3) is 0.364. The van der Waals surface area contributed by atoms with E-state index >= 15 is 0 Å². The van der Waals surface area contributed by atoms with Gasteiger partial charge >= 0.3 is 5.97 Å². The number of nitrogens with zero attached hydrogens (tertiary/aromatic N) is 1. The molecule has 2 N–H and O–H groups in total. The van der Waals surface area contributed by atoms with Crippen LogP contribution in [0.15, 0.2) is 18.2 Å². The first-order chi connectivity index (χ1) is 7.95. The van der Waals surface area contributed by atoms with Crippen molar-refractivity contribution < 1.29 is 18.3 Å². The number of carbonyl (C=O) groups excluding carboxylic acids is 1. The molecule has 94 valence electrons. The third kappa shape index (κ3) is 3.30. The molecule has 0 aliphatic rings. The first-order valence-corrected chi connectivity index (χ1v) is 4.92. The normalized spacial score (nSPS) is 10.4. The second-order valence-electron chi connectivity index (χ2n) is 3.54. The van der Waals surface area contributed by atoms with Crippen LogP contribution in [0, 0.1) is 0 Å². The molecule has 0 fully saturated rings. The van der Waals surface area contributed by atoms with Gasteiger partial charge in [0.2, 0.25) is 0 Å². The fourth-order valence-corrected chi connectivity index (χ4v) is 1.47. The summed E-state index contributed by atoms with van der Waals surface area (Å²) in [5.41, 5.74) is 6.47. The average Bonchev–Trinajstić information content (AvgIpc) is 2.26. The first-order valence-electron chi connectivity index (χ1n) is 4.92. The highest BCUT2D eigenvalue weighted by Crippen LogP contribution is 2.23. The highest BCUT2D eigenvalue weighted by Gasteiger charge is 2.17. The Bertz CT molecular complexity index is 410. The fourth-order valence-electron chi connectivity index (χ4n) is 1.47. The standard InChI is InChI=1S/C11H14F2N2O2/c1-15(6-10(12)13)9-4-3-7(14)5-8(9)11(16)17-2/h3-5,10H,6,14H2,1-2H3. The summed E-state index contributed by atoms with van der Waals surface area (Å²) in [6.45, 7) is -0.464. The van der Waals surface area contributed by atoms with E-state index in [9.17, 15) is 13.6 Å². The SMILES string of the molecule is COC(=O)c1cc(N)ccc1N(C)CC(F)F. The van der Waals surface area contributed by atoms with Gasteiger partial charge in [0.15, 0.2) is 0 Å². The van der Waals surface area contributed by atoms with Gasteiger partial charge < -0.3 is 15.4 Å². The molecule has 0 aromatic heterocycles. The van der Waals surface area contributed by atoms with Gasteiger partial charge in [0.25, 0.3) is 6.43 Å². The van der Waals surface area contributed by atoms with Crippen molar-refractivity contribution in [3.05, 3.63) is 23.8 Å². The van der Waals surface area contributed by atoms with E-state index in [1.807, 2.05) is 0 Å². The summed E-state index contributed by atoms with van der Waals surface area (Å²) in [4.78, 5) is 12.8. The summed E-state index contributed by atoms with van der Waals surface area (Å²) in [6.07, 6.45) is -2.48. The van der Waals surface area contributed by atoms with Crippen molar-refractivity contribution >= 4 is 17.3 Å². The van der Waals surface area contributed by atoms with Gasteiger partial charge in [-0.25, -0.2) is 13.6 Å². The van der Waals surface area contributed by atoms with E-state index < -0.39 is 18.9 Å². The summed E-state index contributed by atoms with van der Waals surface area (Å²) < 4.78 is 29.1. The van der Waals surface area contributed by atoms with Crippen LogP contribution in [-0.4, -0.2) is 33.1 Å². The van der Waals surface area contributed by atoms with Crippen LogP contribution in [0.5, 0.6) is 0 Å². The topological polar surface area (TPSA) is 55.6 Å². The van der Waals surface area contributed by atoms with Crippen LogP contribution in [0.25, 0.3) is 0 Å². The molecular formula is C11H14F2N2O2. The summed E-state index contributed by atoms with van der Waals surface area (Å²) in [5.74, 6) is -0.603. The van der Waals surface area contributed by atoms with E-state index in [1.165, 1.54) is 31.2 Å². The Kier molecular flexibility index (Phi) is 4.25. The van der Waals surface area contributed by atoms with Gasteiger partial charge in [-0.15, -0.1) is 0 Å². The molecular weight excluding hydrogens is 230 g/mol. The lowest BCUT2D eigenvalue weighted by atomic mass is 10.1. The Morgan fingerprint density at radius 2 is 2.18 bits per heavy atom. The molecule has 0 heterocycles. The molecule has 1 rings (SSSR count). The lowest BCUT2D eigenvalue weighted by Crippen LogP contribution is -2.26. The van der Waals surface area contributed by atoms with Crippen LogP contribution in [0.1, 0.15) is 10.4 Å². The largest absolute Gasteiger partial charge is 0.465 e. The van der Waals surface area contributed by atoms with Crippen LogP contribution >= 0.6 is 0 Å². The molecule has 0 spiro atoms. The van der Waals surface area contributed by atoms with Crippen LogP contribution < -0.4 is 10.6 Å². The lowest BCUT2D eigenvalue weighted by molar-refractivity contribution is 0.0601. The van der Waals surface area contributed by atoms with Crippen LogP contribution in [-0.2, 0) is 4.74 Å². The van der Waals surface area contributed by atoms with E-state index in [1.54, 1.807) is 6.07 Å². The van der Waals surface area contributed by atoms with Crippen LogP contribution in [0.2, 0.25) is 0 Å². The predicted octanol–water partition coefficient (Wildman–Crippen LogP) is 1.76. The van der Waals surface area contributed by atoms with Gasteiger partial charge in [0.05, 0.1) is 24.9 Å². The summed E-state index contributed by atoms with van der Waals surface area (Å²) in [5, 5.41) is 0. The number of methoxy groups -OCH3 is 1. The highest BCUT2D eigenvalue weighted by molar-refractivity contribution is 5.96. The number of halogens is 2. The molecule has 0 saturated heterocycles. The van der Waals surface area contributed by atoms with Crippen molar-refractivity contribution in [2.45, 2.75) is 6.43 Å². The zero-order valence-corrected chi connectivity index (χ0v) is 9.61. The molecule has 17 heavy (non-hydrogen) atoms. The predicted molar refractivity (Wildman–Crippen MR) is 61.5 cm³/mol. The van der Waals surface area contributed by atoms with E-state index in [0.717, 1.165) is 0 Å². The number of carbonyl (C=O) groups is 1. The number of benzene rings is 1. The second kappa shape index (κ2) is 5.47. The van der Waals surface area contributed by atoms with Crippen molar-refractivity contribution in [2.24, 2.45) is 0 Å². The maximum Gasteiger partial charge on any atom is 0.340 e. The van der Waals surface area contributed by atoms with Gasteiger partial charge in [-0.2, -0.15) is 0 Å². The molecule has 0 aliphatic heterocycles. The van der Waals surface area contributed by atoms with E-state index in [4.69, 9.17) is 5.73 Å². The van der Waals surface area contributed by atoms with E-state index in [-0.39, 0.29) is 5.56 Å². The minimum atomic E-state index is -2.48. The summed E-state index contributed by atoms with van der Waals surface area (Å²) in [7, 11) is 2.70. The third-order valence-corrected chi connectivity index (χ3v) is 2.25. The number of hydrogen-bond acceptors (Lipinski definition) is 4. The van der Waals surface area contributed by atoms with Gasteiger partial charge in [-0.1, -0.05) is 0 Å². The van der Waals surface area contributed by atoms with Gasteiger partial charge in [0.1, 0.15) is 0 Å². The van der Waals surface area contributed by atoms with E-state index in [2.05, 4.69) is 4.74 Å². The monoisotopic (exact) mass is 244 g/mol. The number of hydrogen-bond donors (Lipinski definition) is 1. The van der Waals surface area contributed by atoms with E-state index in [0.29, 0.717) is 11.4 Å². The van der Waals surface area contributed by atoms with Crippen LogP contribution in [0.3, 0.4) is 0 Å².